The first-order chi connectivity index (χ1) is 17.5. The number of oxime groups is 1. The van der Waals surface area contributed by atoms with Crippen molar-refractivity contribution in [3.8, 4) is 0 Å². The Labute approximate surface area is 215 Å². The number of nitrogens with zero attached hydrogens (tertiary/aromatic N) is 1. The number of nitrogens with one attached hydrogen (secondary N) is 1. The number of dihydropyridines is 1. The summed E-state index contributed by atoms with van der Waals surface area (Å²) in [5, 5.41) is 7.44. The molecule has 1 aliphatic rings. The van der Waals surface area contributed by atoms with Gasteiger partial charge in [-0.2, -0.15) is 0 Å². The minimum absolute atomic E-state index is 0.0333. The van der Waals surface area contributed by atoms with Crippen molar-refractivity contribution < 1.29 is 28.6 Å². The molecule has 0 spiro atoms. The monoisotopic (exact) mass is 512 g/mol. The zero-order valence-electron chi connectivity index (χ0n) is 20.5. The SMILES string of the molecule is CCOC(=O)C1=C(COCC=NOCc2ccccc2)NC(C)=C(C(=O)OC)C1c1ccccc1Cl. The molecule has 9 heteroatoms. The molecule has 0 saturated carbocycles. The number of allylic oxidation sites excluding steroid dienone is 1. The molecule has 36 heavy (non-hydrogen) atoms. The number of halogens is 1. The van der Waals surface area contributed by atoms with Gasteiger partial charge in [0, 0.05) is 10.7 Å². The summed E-state index contributed by atoms with van der Waals surface area (Å²) < 4.78 is 16.1. The lowest BCUT2D eigenvalue weighted by Gasteiger charge is -2.31. The quantitative estimate of drug-likeness (QED) is 0.205. The normalized spacial score (nSPS) is 15.6. The molecular formula is C27H29ClN2O6. The highest BCUT2D eigenvalue weighted by Crippen LogP contribution is 2.41. The predicted molar refractivity (Wildman–Crippen MR) is 136 cm³/mol. The van der Waals surface area contributed by atoms with Gasteiger partial charge >= 0.3 is 11.9 Å². The van der Waals surface area contributed by atoms with Crippen molar-refractivity contribution in [3.63, 3.8) is 0 Å². The molecule has 0 aliphatic carbocycles. The highest BCUT2D eigenvalue weighted by molar-refractivity contribution is 6.31. The van der Waals surface area contributed by atoms with E-state index >= 15 is 0 Å². The van der Waals surface area contributed by atoms with Crippen LogP contribution in [0.25, 0.3) is 0 Å². The number of esters is 2. The third kappa shape index (κ3) is 6.74. The van der Waals surface area contributed by atoms with E-state index in [1.807, 2.05) is 30.3 Å². The standard InChI is InChI=1S/C27H29ClN2O6/c1-4-35-27(32)25-22(17-34-15-14-29-36-16-19-10-6-5-7-11-19)30-18(2)23(26(31)33-3)24(25)20-12-8-9-13-21(20)28/h5-14,24,30H,4,15-17H2,1-3H3. The molecule has 2 aromatic carbocycles. The van der Waals surface area contributed by atoms with Crippen molar-refractivity contribution in [1.29, 1.82) is 0 Å². The summed E-state index contributed by atoms with van der Waals surface area (Å²) in [5.41, 5.74) is 3.07. The first kappa shape index (κ1) is 27.0. The van der Waals surface area contributed by atoms with Crippen LogP contribution in [-0.2, 0) is 35.2 Å². The van der Waals surface area contributed by atoms with Crippen LogP contribution in [0.15, 0.2) is 82.3 Å². The van der Waals surface area contributed by atoms with Gasteiger partial charge in [-0.25, -0.2) is 9.59 Å². The third-order valence-corrected chi connectivity index (χ3v) is 5.77. The molecule has 3 rings (SSSR count). The summed E-state index contributed by atoms with van der Waals surface area (Å²) in [5.74, 6) is -1.95. The van der Waals surface area contributed by atoms with Gasteiger partial charge in [-0.05, 0) is 31.0 Å². The maximum absolute atomic E-state index is 13.1. The molecule has 1 N–H and O–H groups in total. The van der Waals surface area contributed by atoms with E-state index in [1.54, 1.807) is 38.1 Å². The number of hydrogen-bond donors (Lipinski definition) is 1. The van der Waals surface area contributed by atoms with E-state index in [2.05, 4.69) is 10.5 Å². The van der Waals surface area contributed by atoms with Crippen LogP contribution in [0.1, 0.15) is 30.9 Å². The van der Waals surface area contributed by atoms with Gasteiger partial charge in [-0.15, -0.1) is 0 Å². The van der Waals surface area contributed by atoms with Gasteiger partial charge in [-0.1, -0.05) is 65.3 Å². The smallest absolute Gasteiger partial charge is 0.336 e. The second-order valence-electron chi connectivity index (χ2n) is 7.78. The van der Waals surface area contributed by atoms with Crippen molar-refractivity contribution in [1.82, 2.24) is 5.32 Å². The Morgan fingerprint density at radius 1 is 1.03 bits per heavy atom. The van der Waals surface area contributed by atoms with Gasteiger partial charge in [0.2, 0.25) is 0 Å². The molecule has 1 heterocycles. The second-order valence-corrected chi connectivity index (χ2v) is 8.19. The van der Waals surface area contributed by atoms with Gasteiger partial charge in [0.15, 0.2) is 0 Å². The number of hydrogen-bond acceptors (Lipinski definition) is 8. The van der Waals surface area contributed by atoms with Gasteiger partial charge < -0.3 is 24.4 Å². The fraction of sp³-hybridized carbons (Fsp3) is 0.296. The highest BCUT2D eigenvalue weighted by atomic mass is 35.5. The third-order valence-electron chi connectivity index (χ3n) is 5.42. The Bertz CT molecular complexity index is 1160. The number of carbonyl (C=O) groups excluding carboxylic acids is 2. The van der Waals surface area contributed by atoms with Crippen LogP contribution in [-0.4, -0.2) is 45.1 Å². The molecule has 190 valence electrons. The van der Waals surface area contributed by atoms with Crippen molar-refractivity contribution in [2.24, 2.45) is 5.16 Å². The molecule has 0 bridgehead atoms. The number of benzene rings is 2. The number of rotatable bonds is 11. The minimum Gasteiger partial charge on any atom is -0.466 e. The van der Waals surface area contributed by atoms with Crippen LogP contribution < -0.4 is 5.32 Å². The van der Waals surface area contributed by atoms with Crippen LogP contribution in [0.3, 0.4) is 0 Å². The highest BCUT2D eigenvalue weighted by Gasteiger charge is 2.39. The Balaban J connectivity index is 1.82. The van der Waals surface area contributed by atoms with Crippen LogP contribution in [0.2, 0.25) is 5.02 Å². The second kappa shape index (κ2) is 13.5. The fourth-order valence-corrected chi connectivity index (χ4v) is 4.09. The van der Waals surface area contributed by atoms with Gasteiger partial charge in [0.1, 0.15) is 6.61 Å². The van der Waals surface area contributed by atoms with E-state index < -0.39 is 17.9 Å². The zero-order valence-corrected chi connectivity index (χ0v) is 21.2. The van der Waals surface area contributed by atoms with E-state index in [0.29, 0.717) is 28.6 Å². The maximum atomic E-state index is 13.1. The first-order valence-corrected chi connectivity index (χ1v) is 11.8. The lowest BCUT2D eigenvalue weighted by Crippen LogP contribution is -2.35. The van der Waals surface area contributed by atoms with Gasteiger partial charge in [-0.3, -0.25) is 0 Å². The average molecular weight is 513 g/mol. The van der Waals surface area contributed by atoms with E-state index in [-0.39, 0.29) is 31.0 Å². The average Bonchev–Trinajstić information content (AvgIpc) is 2.88. The van der Waals surface area contributed by atoms with Crippen LogP contribution >= 0.6 is 11.6 Å². The van der Waals surface area contributed by atoms with Gasteiger partial charge in [0.05, 0.1) is 55.9 Å². The number of ether oxygens (including phenoxy) is 3. The van der Waals surface area contributed by atoms with E-state index in [9.17, 15) is 9.59 Å². The Hall–Kier alpha value is -3.62. The molecule has 0 amide bonds. The molecule has 1 unspecified atom stereocenters. The van der Waals surface area contributed by atoms with Crippen LogP contribution in [0, 0.1) is 0 Å². The molecule has 0 fully saturated rings. The Kier molecular flexibility index (Phi) is 10.1. The zero-order chi connectivity index (χ0) is 25.9. The first-order valence-electron chi connectivity index (χ1n) is 11.4. The number of carbonyl (C=O) groups is 2. The molecule has 1 aliphatic heterocycles. The van der Waals surface area contributed by atoms with Crippen LogP contribution in [0.4, 0.5) is 0 Å². The summed E-state index contributed by atoms with van der Waals surface area (Å²) in [7, 11) is 1.29. The molecule has 1 atom stereocenters. The van der Waals surface area contributed by atoms with Crippen molar-refractivity contribution in [2.75, 3.05) is 26.9 Å². The Morgan fingerprint density at radius 3 is 2.44 bits per heavy atom. The van der Waals surface area contributed by atoms with E-state index in [0.717, 1.165) is 5.56 Å². The molecule has 2 aromatic rings. The predicted octanol–water partition coefficient (Wildman–Crippen LogP) is 4.51. The van der Waals surface area contributed by atoms with Crippen molar-refractivity contribution in [2.45, 2.75) is 26.4 Å². The van der Waals surface area contributed by atoms with Crippen molar-refractivity contribution in [3.05, 3.63) is 93.3 Å². The molecular weight excluding hydrogens is 484 g/mol. The van der Waals surface area contributed by atoms with Crippen molar-refractivity contribution >= 4 is 29.8 Å². The lowest BCUT2D eigenvalue weighted by atomic mass is 9.80. The Morgan fingerprint density at radius 2 is 1.75 bits per heavy atom. The molecule has 0 aromatic heterocycles. The molecule has 0 saturated heterocycles. The number of methoxy groups -OCH3 is 1. The fourth-order valence-electron chi connectivity index (χ4n) is 3.84. The summed E-state index contributed by atoms with van der Waals surface area (Å²) in [6.45, 7) is 4.12. The van der Waals surface area contributed by atoms with E-state index in [1.165, 1.54) is 13.3 Å². The summed E-state index contributed by atoms with van der Waals surface area (Å²) in [6.07, 6.45) is 1.49. The lowest BCUT2D eigenvalue weighted by molar-refractivity contribution is -0.139. The molecule has 8 nitrogen and oxygen atoms in total. The topological polar surface area (TPSA) is 95.5 Å². The molecule has 0 radical (unpaired) electrons. The minimum atomic E-state index is -0.798. The largest absolute Gasteiger partial charge is 0.466 e. The maximum Gasteiger partial charge on any atom is 0.336 e. The van der Waals surface area contributed by atoms with Crippen LogP contribution in [0.5, 0.6) is 0 Å². The summed E-state index contributed by atoms with van der Waals surface area (Å²) in [4.78, 5) is 31.2. The summed E-state index contributed by atoms with van der Waals surface area (Å²) in [6, 6.07) is 16.7. The van der Waals surface area contributed by atoms with E-state index in [4.69, 9.17) is 30.6 Å². The summed E-state index contributed by atoms with van der Waals surface area (Å²) >= 11 is 6.50. The van der Waals surface area contributed by atoms with Gasteiger partial charge in [0.25, 0.3) is 0 Å².